The van der Waals surface area contributed by atoms with Crippen molar-refractivity contribution in [2.24, 2.45) is 17.8 Å². The molecule has 2 atom stereocenters. The maximum Gasteiger partial charge on any atom is 0.306 e. The van der Waals surface area contributed by atoms with Crippen LogP contribution in [0.15, 0.2) is 0 Å². The number of carbonyl (C=O) groups excluding carboxylic acids is 1. The third-order valence-corrected chi connectivity index (χ3v) is 4.18. The summed E-state index contributed by atoms with van der Waals surface area (Å²) in [5.41, 5.74) is 0. The number of piperidine rings is 1. The SMILES string of the molecule is COC(=O)CCN1CC(NCC(C)C)CC(C(C)C)C1. The highest BCUT2D eigenvalue weighted by Crippen LogP contribution is 2.24. The molecule has 1 N–H and O–H groups in total. The van der Waals surface area contributed by atoms with Crippen molar-refractivity contribution in [3.63, 3.8) is 0 Å². The Hall–Kier alpha value is -0.610. The van der Waals surface area contributed by atoms with Crippen molar-refractivity contribution in [1.29, 1.82) is 0 Å². The van der Waals surface area contributed by atoms with Crippen molar-refractivity contribution in [2.45, 2.75) is 46.6 Å². The second kappa shape index (κ2) is 8.63. The molecule has 1 aliphatic rings. The Balaban J connectivity index is 2.49. The number of ether oxygens (including phenoxy) is 1. The van der Waals surface area contributed by atoms with E-state index in [4.69, 9.17) is 4.74 Å². The first-order chi connectivity index (χ1) is 9.42. The van der Waals surface area contributed by atoms with E-state index >= 15 is 0 Å². The molecule has 1 rings (SSSR count). The summed E-state index contributed by atoms with van der Waals surface area (Å²) in [5.74, 6) is 1.98. The Kier molecular flexibility index (Phi) is 7.52. The number of rotatable bonds is 7. The fraction of sp³-hybridized carbons (Fsp3) is 0.938. The smallest absolute Gasteiger partial charge is 0.306 e. The summed E-state index contributed by atoms with van der Waals surface area (Å²) in [6.07, 6.45) is 1.75. The van der Waals surface area contributed by atoms with Gasteiger partial charge in [-0.2, -0.15) is 0 Å². The zero-order valence-electron chi connectivity index (χ0n) is 13.8. The van der Waals surface area contributed by atoms with Gasteiger partial charge < -0.3 is 15.0 Å². The number of methoxy groups -OCH3 is 1. The van der Waals surface area contributed by atoms with Gasteiger partial charge in [0.25, 0.3) is 0 Å². The molecule has 0 amide bonds. The van der Waals surface area contributed by atoms with E-state index in [0.717, 1.165) is 26.2 Å². The van der Waals surface area contributed by atoms with Crippen molar-refractivity contribution in [2.75, 3.05) is 33.3 Å². The monoisotopic (exact) mass is 284 g/mol. The summed E-state index contributed by atoms with van der Waals surface area (Å²) >= 11 is 0. The molecule has 20 heavy (non-hydrogen) atoms. The van der Waals surface area contributed by atoms with Gasteiger partial charge in [-0.15, -0.1) is 0 Å². The molecule has 0 spiro atoms. The average molecular weight is 284 g/mol. The summed E-state index contributed by atoms with van der Waals surface area (Å²) in [4.78, 5) is 13.7. The quantitative estimate of drug-likeness (QED) is 0.727. The van der Waals surface area contributed by atoms with Crippen LogP contribution in [0.5, 0.6) is 0 Å². The molecule has 0 aliphatic carbocycles. The number of esters is 1. The zero-order chi connectivity index (χ0) is 15.1. The fourth-order valence-electron chi connectivity index (χ4n) is 2.80. The molecule has 118 valence electrons. The van der Waals surface area contributed by atoms with Crippen LogP contribution in [0, 0.1) is 17.8 Å². The lowest BCUT2D eigenvalue weighted by molar-refractivity contribution is -0.141. The summed E-state index contributed by atoms with van der Waals surface area (Å²) < 4.78 is 4.74. The van der Waals surface area contributed by atoms with E-state index in [1.807, 2.05) is 0 Å². The number of nitrogens with one attached hydrogen (secondary N) is 1. The van der Waals surface area contributed by atoms with Gasteiger partial charge in [0.05, 0.1) is 13.5 Å². The summed E-state index contributed by atoms with van der Waals surface area (Å²) in [7, 11) is 1.46. The molecular weight excluding hydrogens is 252 g/mol. The average Bonchev–Trinajstić information content (AvgIpc) is 2.42. The minimum absolute atomic E-state index is 0.108. The van der Waals surface area contributed by atoms with Gasteiger partial charge in [0, 0.05) is 25.7 Å². The third-order valence-electron chi connectivity index (χ3n) is 4.18. The molecule has 0 aromatic rings. The van der Waals surface area contributed by atoms with Gasteiger partial charge >= 0.3 is 5.97 Å². The highest BCUT2D eigenvalue weighted by atomic mass is 16.5. The van der Waals surface area contributed by atoms with Gasteiger partial charge in [-0.25, -0.2) is 0 Å². The first-order valence-electron chi connectivity index (χ1n) is 7.94. The van der Waals surface area contributed by atoms with E-state index in [1.54, 1.807) is 0 Å². The number of nitrogens with zero attached hydrogens (tertiary/aromatic N) is 1. The summed E-state index contributed by atoms with van der Waals surface area (Å²) in [6, 6.07) is 0.552. The molecule has 0 radical (unpaired) electrons. The van der Waals surface area contributed by atoms with Crippen LogP contribution in [0.3, 0.4) is 0 Å². The second-order valence-electron chi connectivity index (χ2n) is 6.82. The maximum absolute atomic E-state index is 11.3. The van der Waals surface area contributed by atoms with Gasteiger partial charge in [0.1, 0.15) is 0 Å². The van der Waals surface area contributed by atoms with E-state index in [1.165, 1.54) is 13.5 Å². The molecule has 4 heteroatoms. The molecule has 0 aromatic heterocycles. The van der Waals surface area contributed by atoms with Gasteiger partial charge in [-0.05, 0) is 30.7 Å². The Labute approximate surface area is 124 Å². The van der Waals surface area contributed by atoms with E-state index in [2.05, 4.69) is 37.9 Å². The summed E-state index contributed by atoms with van der Waals surface area (Å²) in [6.45, 7) is 13.1. The normalized spacial score (nSPS) is 24.4. The molecule has 1 heterocycles. The van der Waals surface area contributed by atoms with Crippen LogP contribution in [0.1, 0.15) is 40.5 Å². The maximum atomic E-state index is 11.3. The largest absolute Gasteiger partial charge is 0.469 e. The van der Waals surface area contributed by atoms with Gasteiger partial charge in [-0.3, -0.25) is 4.79 Å². The predicted octanol–water partition coefficient (Wildman–Crippen LogP) is 2.14. The van der Waals surface area contributed by atoms with Gasteiger partial charge in [-0.1, -0.05) is 27.7 Å². The van der Waals surface area contributed by atoms with Crippen LogP contribution < -0.4 is 5.32 Å². The number of hydrogen-bond donors (Lipinski definition) is 1. The fourth-order valence-corrected chi connectivity index (χ4v) is 2.80. The molecule has 0 aromatic carbocycles. The lowest BCUT2D eigenvalue weighted by Crippen LogP contribution is -2.51. The van der Waals surface area contributed by atoms with Crippen molar-refractivity contribution in [3.05, 3.63) is 0 Å². The van der Waals surface area contributed by atoms with Crippen LogP contribution in [0.2, 0.25) is 0 Å². The minimum atomic E-state index is -0.108. The first-order valence-corrected chi connectivity index (χ1v) is 7.94. The Morgan fingerprint density at radius 2 is 2.00 bits per heavy atom. The summed E-state index contributed by atoms with van der Waals surface area (Å²) in [5, 5.41) is 3.68. The predicted molar refractivity (Wildman–Crippen MR) is 82.6 cm³/mol. The molecule has 4 nitrogen and oxygen atoms in total. The number of likely N-dealkylation sites (tertiary alicyclic amines) is 1. The Morgan fingerprint density at radius 1 is 1.30 bits per heavy atom. The Bertz CT molecular complexity index is 292. The lowest BCUT2D eigenvalue weighted by atomic mass is 9.85. The number of hydrogen-bond acceptors (Lipinski definition) is 4. The molecule has 0 bridgehead atoms. The first kappa shape index (κ1) is 17.4. The molecule has 0 saturated carbocycles. The number of carbonyl (C=O) groups is 1. The Morgan fingerprint density at radius 3 is 2.55 bits per heavy atom. The van der Waals surface area contributed by atoms with Crippen LogP contribution in [0.4, 0.5) is 0 Å². The zero-order valence-corrected chi connectivity index (χ0v) is 13.8. The molecule has 1 fully saturated rings. The van der Waals surface area contributed by atoms with Crippen LogP contribution >= 0.6 is 0 Å². The highest BCUT2D eigenvalue weighted by Gasteiger charge is 2.28. The molecule has 1 aliphatic heterocycles. The van der Waals surface area contributed by atoms with Crippen molar-refractivity contribution < 1.29 is 9.53 Å². The van der Waals surface area contributed by atoms with Crippen LogP contribution in [-0.4, -0.2) is 50.2 Å². The standard InChI is InChI=1S/C16H32N2O2/c1-12(2)9-17-15-8-14(13(3)4)10-18(11-15)7-6-16(19)20-5/h12-15,17H,6-11H2,1-5H3. The molecular formula is C16H32N2O2. The van der Waals surface area contributed by atoms with Crippen LogP contribution in [0.25, 0.3) is 0 Å². The third kappa shape index (κ3) is 6.23. The second-order valence-corrected chi connectivity index (χ2v) is 6.82. The topological polar surface area (TPSA) is 41.6 Å². The van der Waals surface area contributed by atoms with E-state index in [9.17, 15) is 4.79 Å². The molecule has 1 saturated heterocycles. The van der Waals surface area contributed by atoms with E-state index in [0.29, 0.717) is 30.2 Å². The van der Waals surface area contributed by atoms with Gasteiger partial charge in [0.15, 0.2) is 0 Å². The lowest BCUT2D eigenvalue weighted by Gasteiger charge is -2.40. The van der Waals surface area contributed by atoms with Crippen LogP contribution in [-0.2, 0) is 9.53 Å². The van der Waals surface area contributed by atoms with Crippen molar-refractivity contribution >= 4 is 5.97 Å². The van der Waals surface area contributed by atoms with Gasteiger partial charge in [0.2, 0.25) is 0 Å². The highest BCUT2D eigenvalue weighted by molar-refractivity contribution is 5.69. The van der Waals surface area contributed by atoms with E-state index in [-0.39, 0.29) is 5.97 Å². The minimum Gasteiger partial charge on any atom is -0.469 e. The molecule has 2 unspecified atom stereocenters. The van der Waals surface area contributed by atoms with Crippen molar-refractivity contribution in [3.8, 4) is 0 Å². The van der Waals surface area contributed by atoms with Crippen molar-refractivity contribution in [1.82, 2.24) is 10.2 Å². The van der Waals surface area contributed by atoms with E-state index < -0.39 is 0 Å².